The molecule has 0 atom stereocenters. The van der Waals surface area contributed by atoms with Gasteiger partial charge in [0.25, 0.3) is 5.91 Å². The van der Waals surface area contributed by atoms with Gasteiger partial charge in [0.2, 0.25) is 0 Å². The summed E-state index contributed by atoms with van der Waals surface area (Å²) >= 11 is 0. The van der Waals surface area contributed by atoms with Gasteiger partial charge in [-0.25, -0.2) is 9.69 Å². The molecule has 0 aliphatic carbocycles. The molecular formula is C10H8N2O5. The summed E-state index contributed by atoms with van der Waals surface area (Å²) < 4.78 is 4.80. The molecule has 0 aromatic carbocycles. The van der Waals surface area contributed by atoms with E-state index in [1.165, 1.54) is 18.6 Å². The third-order valence-electron chi connectivity index (χ3n) is 2.11. The van der Waals surface area contributed by atoms with Crippen LogP contribution in [0, 0.1) is 0 Å². The minimum atomic E-state index is -1.25. The van der Waals surface area contributed by atoms with E-state index in [4.69, 9.17) is 9.52 Å². The van der Waals surface area contributed by atoms with Gasteiger partial charge in [-0.1, -0.05) is 0 Å². The van der Waals surface area contributed by atoms with Crippen LogP contribution in [0.1, 0.15) is 5.56 Å². The third-order valence-corrected chi connectivity index (χ3v) is 2.11. The molecule has 2 heterocycles. The lowest BCUT2D eigenvalue weighted by Gasteiger charge is -2.06. The highest BCUT2D eigenvalue weighted by atomic mass is 16.4. The molecule has 0 saturated carbocycles. The number of carbonyl (C=O) groups is 3. The Kier molecular flexibility index (Phi) is 2.65. The predicted molar refractivity (Wildman–Crippen MR) is 54.6 cm³/mol. The molecule has 7 heteroatoms. The Bertz CT molecular complexity index is 503. The summed E-state index contributed by atoms with van der Waals surface area (Å²) in [5.74, 6) is -1.92. The number of carboxylic acids is 1. The topological polar surface area (TPSA) is 99.8 Å². The van der Waals surface area contributed by atoms with Crippen LogP contribution in [0.25, 0.3) is 6.08 Å². The minimum absolute atomic E-state index is 0.0256. The Balaban J connectivity index is 2.21. The molecule has 0 bridgehead atoms. The van der Waals surface area contributed by atoms with Gasteiger partial charge in [0.1, 0.15) is 12.2 Å². The summed E-state index contributed by atoms with van der Waals surface area (Å²) in [5.41, 5.74) is 0.628. The van der Waals surface area contributed by atoms with Crippen molar-refractivity contribution in [3.05, 3.63) is 29.9 Å². The Labute approximate surface area is 95.3 Å². The number of carbonyl (C=O) groups excluding carboxylic acids is 2. The Morgan fingerprint density at radius 1 is 1.53 bits per heavy atom. The monoisotopic (exact) mass is 236 g/mol. The third kappa shape index (κ3) is 2.17. The van der Waals surface area contributed by atoms with E-state index in [0.717, 1.165) is 0 Å². The van der Waals surface area contributed by atoms with E-state index >= 15 is 0 Å². The average molecular weight is 236 g/mol. The van der Waals surface area contributed by atoms with Crippen LogP contribution in [0.2, 0.25) is 0 Å². The summed E-state index contributed by atoms with van der Waals surface area (Å²) in [7, 11) is 0. The zero-order valence-electron chi connectivity index (χ0n) is 8.54. The Morgan fingerprint density at radius 2 is 2.29 bits per heavy atom. The fourth-order valence-electron chi connectivity index (χ4n) is 1.37. The van der Waals surface area contributed by atoms with Crippen molar-refractivity contribution < 1.29 is 23.9 Å². The molecule has 0 radical (unpaired) electrons. The second-order valence-corrected chi connectivity index (χ2v) is 3.33. The second-order valence-electron chi connectivity index (χ2n) is 3.33. The number of rotatable bonds is 3. The van der Waals surface area contributed by atoms with Gasteiger partial charge in [-0.3, -0.25) is 9.59 Å². The number of amides is 3. The first-order chi connectivity index (χ1) is 8.08. The number of nitrogens with one attached hydrogen (secondary N) is 1. The summed E-state index contributed by atoms with van der Waals surface area (Å²) in [6.07, 6.45) is 4.22. The lowest BCUT2D eigenvalue weighted by molar-refractivity contribution is -0.140. The quantitative estimate of drug-likeness (QED) is 0.579. The highest BCUT2D eigenvalue weighted by Gasteiger charge is 2.34. The van der Waals surface area contributed by atoms with E-state index in [0.29, 0.717) is 10.5 Å². The number of hydrogen-bond donors (Lipinski definition) is 2. The van der Waals surface area contributed by atoms with Gasteiger partial charge in [0.15, 0.2) is 0 Å². The van der Waals surface area contributed by atoms with Crippen LogP contribution >= 0.6 is 0 Å². The lowest BCUT2D eigenvalue weighted by Crippen LogP contribution is -2.35. The van der Waals surface area contributed by atoms with E-state index < -0.39 is 24.5 Å². The molecule has 2 N–H and O–H groups in total. The standard InChI is InChI=1S/C10H8N2O5/c13-8(14)4-12-9(15)7(11-10(12)16)3-6-1-2-17-5-6/h1-3,5H,4H2,(H,11,16)(H,13,14)/b7-3+. The van der Waals surface area contributed by atoms with Crippen LogP contribution in [0.4, 0.5) is 4.79 Å². The average Bonchev–Trinajstić information content (AvgIpc) is 2.83. The molecule has 2 rings (SSSR count). The molecule has 1 aliphatic rings. The fraction of sp³-hybridized carbons (Fsp3) is 0.100. The Morgan fingerprint density at radius 3 is 2.88 bits per heavy atom. The van der Waals surface area contributed by atoms with Gasteiger partial charge in [-0.15, -0.1) is 0 Å². The van der Waals surface area contributed by atoms with Crippen LogP contribution in [-0.2, 0) is 9.59 Å². The van der Waals surface area contributed by atoms with E-state index in [9.17, 15) is 14.4 Å². The van der Waals surface area contributed by atoms with Crippen molar-refractivity contribution in [1.29, 1.82) is 0 Å². The molecule has 1 aliphatic heterocycles. The highest BCUT2D eigenvalue weighted by molar-refractivity contribution is 6.15. The van der Waals surface area contributed by atoms with Crippen LogP contribution < -0.4 is 5.32 Å². The molecule has 7 nitrogen and oxygen atoms in total. The van der Waals surface area contributed by atoms with Crippen molar-refractivity contribution in [2.75, 3.05) is 6.54 Å². The number of hydrogen-bond acceptors (Lipinski definition) is 4. The van der Waals surface area contributed by atoms with Crippen LogP contribution in [0.5, 0.6) is 0 Å². The first kappa shape index (κ1) is 10.9. The van der Waals surface area contributed by atoms with Crippen molar-refractivity contribution in [3.63, 3.8) is 0 Å². The van der Waals surface area contributed by atoms with Gasteiger partial charge in [0.05, 0.1) is 12.5 Å². The molecule has 1 aromatic heterocycles. The van der Waals surface area contributed by atoms with Crippen molar-refractivity contribution in [2.24, 2.45) is 0 Å². The summed E-state index contributed by atoms with van der Waals surface area (Å²) in [5, 5.41) is 10.8. The van der Waals surface area contributed by atoms with Crippen molar-refractivity contribution in [2.45, 2.75) is 0 Å². The van der Waals surface area contributed by atoms with Crippen molar-refractivity contribution in [3.8, 4) is 0 Å². The zero-order chi connectivity index (χ0) is 12.4. The molecule has 88 valence electrons. The smallest absolute Gasteiger partial charge is 0.329 e. The number of imide groups is 1. The summed E-state index contributed by atoms with van der Waals surface area (Å²) in [6, 6.07) is 0.860. The van der Waals surface area contributed by atoms with E-state index in [1.807, 2.05) is 0 Å². The molecular weight excluding hydrogens is 228 g/mol. The molecule has 1 aromatic rings. The maximum atomic E-state index is 11.7. The number of furan rings is 1. The second kappa shape index (κ2) is 4.12. The van der Waals surface area contributed by atoms with Gasteiger partial charge in [-0.2, -0.15) is 0 Å². The van der Waals surface area contributed by atoms with E-state index in [1.54, 1.807) is 6.07 Å². The first-order valence-electron chi connectivity index (χ1n) is 4.66. The zero-order valence-corrected chi connectivity index (χ0v) is 8.54. The van der Waals surface area contributed by atoms with Crippen molar-refractivity contribution >= 4 is 24.0 Å². The van der Waals surface area contributed by atoms with E-state index in [-0.39, 0.29) is 5.70 Å². The fourth-order valence-corrected chi connectivity index (χ4v) is 1.37. The lowest BCUT2D eigenvalue weighted by atomic mass is 10.2. The highest BCUT2D eigenvalue weighted by Crippen LogP contribution is 2.13. The molecule has 1 saturated heterocycles. The normalized spacial score (nSPS) is 17.6. The number of aliphatic carboxylic acids is 1. The minimum Gasteiger partial charge on any atom is -0.480 e. The number of urea groups is 1. The molecule has 0 unspecified atom stereocenters. The van der Waals surface area contributed by atoms with Gasteiger partial charge in [-0.05, 0) is 12.1 Å². The SMILES string of the molecule is O=C(O)CN1C(=O)N/C(=C/c2ccoc2)C1=O. The molecule has 17 heavy (non-hydrogen) atoms. The number of carboxylic acid groups (broad SMARTS) is 1. The molecule has 0 spiro atoms. The van der Waals surface area contributed by atoms with Gasteiger partial charge >= 0.3 is 12.0 Å². The van der Waals surface area contributed by atoms with Crippen LogP contribution in [-0.4, -0.2) is 34.5 Å². The maximum Gasteiger partial charge on any atom is 0.329 e. The Hall–Kier alpha value is -2.57. The van der Waals surface area contributed by atoms with Crippen molar-refractivity contribution in [1.82, 2.24) is 10.2 Å². The summed E-state index contributed by atoms with van der Waals surface area (Å²) in [4.78, 5) is 34.1. The predicted octanol–water partition coefficient (Wildman–Crippen LogP) is 0.257. The van der Waals surface area contributed by atoms with Crippen LogP contribution in [0.3, 0.4) is 0 Å². The van der Waals surface area contributed by atoms with Gasteiger partial charge in [0, 0.05) is 5.56 Å². The molecule has 1 fully saturated rings. The number of nitrogens with zero attached hydrogens (tertiary/aromatic N) is 1. The first-order valence-corrected chi connectivity index (χ1v) is 4.66. The van der Waals surface area contributed by atoms with E-state index in [2.05, 4.69) is 5.32 Å². The maximum absolute atomic E-state index is 11.7. The van der Waals surface area contributed by atoms with Crippen LogP contribution in [0.15, 0.2) is 28.7 Å². The molecule has 3 amide bonds. The summed E-state index contributed by atoms with van der Waals surface area (Å²) in [6.45, 7) is -0.659. The largest absolute Gasteiger partial charge is 0.480 e. The van der Waals surface area contributed by atoms with Gasteiger partial charge < -0.3 is 14.8 Å².